The number of carbonyl (C=O) groups is 1. The van der Waals surface area contributed by atoms with Crippen molar-refractivity contribution in [3.05, 3.63) is 29.8 Å². The molecule has 10 heteroatoms. The van der Waals surface area contributed by atoms with Crippen molar-refractivity contribution in [3.63, 3.8) is 0 Å². The topological polar surface area (TPSA) is 104 Å². The Balaban J connectivity index is 3.11. The molecule has 1 rings (SSSR count). The van der Waals surface area contributed by atoms with Crippen molar-refractivity contribution < 1.29 is 36.6 Å². The SMILES string of the molecule is O=C(O)[C@@H](CCO)NS(=O)(=O)c1cccc(C(F)(F)F)c1. The highest BCUT2D eigenvalue weighted by Crippen LogP contribution is 2.30. The van der Waals surface area contributed by atoms with Gasteiger partial charge in [-0.25, -0.2) is 8.42 Å². The highest BCUT2D eigenvalue weighted by atomic mass is 32.2. The Bertz CT molecular complexity index is 615. The van der Waals surface area contributed by atoms with Gasteiger partial charge in [-0.05, 0) is 24.6 Å². The lowest BCUT2D eigenvalue weighted by atomic mass is 10.2. The Morgan fingerprint density at radius 3 is 2.43 bits per heavy atom. The minimum absolute atomic E-state index is 0.403. The van der Waals surface area contributed by atoms with Gasteiger partial charge in [-0.1, -0.05) is 6.07 Å². The van der Waals surface area contributed by atoms with Crippen LogP contribution in [0.1, 0.15) is 12.0 Å². The van der Waals surface area contributed by atoms with Crippen molar-refractivity contribution in [2.45, 2.75) is 23.5 Å². The number of rotatable bonds is 6. The van der Waals surface area contributed by atoms with Crippen LogP contribution in [0.5, 0.6) is 0 Å². The molecule has 21 heavy (non-hydrogen) atoms. The highest BCUT2D eigenvalue weighted by Gasteiger charge is 2.32. The van der Waals surface area contributed by atoms with Gasteiger partial charge in [-0.3, -0.25) is 4.79 Å². The largest absolute Gasteiger partial charge is 0.480 e. The maximum Gasteiger partial charge on any atom is 0.416 e. The third-order valence-corrected chi connectivity index (χ3v) is 3.95. The molecule has 0 spiro atoms. The summed E-state index contributed by atoms with van der Waals surface area (Å²) in [6.45, 7) is -0.595. The number of nitrogens with one attached hydrogen (secondary N) is 1. The third-order valence-electron chi connectivity index (χ3n) is 2.48. The number of aliphatic hydroxyl groups excluding tert-OH is 1. The summed E-state index contributed by atoms with van der Waals surface area (Å²) >= 11 is 0. The molecule has 1 aromatic carbocycles. The summed E-state index contributed by atoms with van der Waals surface area (Å²) in [6.07, 6.45) is -5.13. The average molecular weight is 327 g/mol. The van der Waals surface area contributed by atoms with Crippen LogP contribution < -0.4 is 4.72 Å². The van der Waals surface area contributed by atoms with Crippen LogP contribution >= 0.6 is 0 Å². The normalized spacial score (nSPS) is 13.9. The molecule has 0 aliphatic heterocycles. The fourth-order valence-corrected chi connectivity index (χ4v) is 2.73. The lowest BCUT2D eigenvalue weighted by Crippen LogP contribution is -2.41. The number of aliphatic hydroxyl groups is 1. The predicted molar refractivity (Wildman–Crippen MR) is 64.9 cm³/mol. The van der Waals surface area contributed by atoms with Crippen LogP contribution in [0.4, 0.5) is 13.2 Å². The van der Waals surface area contributed by atoms with E-state index in [9.17, 15) is 26.4 Å². The summed E-state index contributed by atoms with van der Waals surface area (Å²) in [6, 6.07) is 1.28. The fourth-order valence-electron chi connectivity index (χ4n) is 1.46. The number of sulfonamides is 1. The number of alkyl halides is 3. The average Bonchev–Trinajstić information content (AvgIpc) is 2.37. The minimum atomic E-state index is -4.72. The first-order valence-corrected chi connectivity index (χ1v) is 7.09. The van der Waals surface area contributed by atoms with Crippen LogP contribution in [0.25, 0.3) is 0 Å². The van der Waals surface area contributed by atoms with Crippen molar-refractivity contribution >= 4 is 16.0 Å². The van der Waals surface area contributed by atoms with Crippen molar-refractivity contribution in [1.29, 1.82) is 0 Å². The van der Waals surface area contributed by atoms with Crippen molar-refractivity contribution in [2.24, 2.45) is 0 Å². The zero-order valence-electron chi connectivity index (χ0n) is 10.5. The monoisotopic (exact) mass is 327 g/mol. The van der Waals surface area contributed by atoms with E-state index in [0.29, 0.717) is 12.1 Å². The maximum atomic E-state index is 12.5. The minimum Gasteiger partial charge on any atom is -0.480 e. The van der Waals surface area contributed by atoms with E-state index in [1.54, 1.807) is 4.72 Å². The molecular weight excluding hydrogens is 315 g/mol. The van der Waals surface area contributed by atoms with Crippen molar-refractivity contribution in [1.82, 2.24) is 4.72 Å². The Kier molecular flexibility index (Phi) is 5.31. The van der Waals surface area contributed by atoms with Crippen LogP contribution in [0, 0.1) is 0 Å². The second-order valence-corrected chi connectivity index (χ2v) is 5.76. The molecule has 0 aliphatic rings. The Hall–Kier alpha value is -1.65. The van der Waals surface area contributed by atoms with Gasteiger partial charge in [-0.2, -0.15) is 17.9 Å². The lowest BCUT2D eigenvalue weighted by Gasteiger charge is -2.14. The smallest absolute Gasteiger partial charge is 0.416 e. The molecule has 0 saturated carbocycles. The summed E-state index contributed by atoms with van der Waals surface area (Å²) in [7, 11) is -4.45. The van der Waals surface area contributed by atoms with Crippen LogP contribution in [0.3, 0.4) is 0 Å². The van der Waals surface area contributed by atoms with Gasteiger partial charge in [0.15, 0.2) is 0 Å². The zero-order chi connectivity index (χ0) is 16.3. The Morgan fingerprint density at radius 1 is 1.33 bits per heavy atom. The first-order valence-electron chi connectivity index (χ1n) is 5.61. The molecule has 1 atom stereocenters. The third kappa shape index (κ3) is 4.69. The number of carboxylic acids is 1. The fraction of sp³-hybridized carbons (Fsp3) is 0.364. The Morgan fingerprint density at radius 2 is 1.95 bits per heavy atom. The molecule has 3 N–H and O–H groups in total. The number of carboxylic acid groups (broad SMARTS) is 1. The van der Waals surface area contributed by atoms with Crippen LogP contribution in [-0.4, -0.2) is 37.2 Å². The van der Waals surface area contributed by atoms with E-state index in [-0.39, 0.29) is 0 Å². The number of aliphatic carboxylic acids is 1. The molecule has 0 amide bonds. The molecule has 0 aromatic heterocycles. The highest BCUT2D eigenvalue weighted by molar-refractivity contribution is 7.89. The summed E-state index contributed by atoms with van der Waals surface area (Å²) in [5.41, 5.74) is -1.17. The van der Waals surface area contributed by atoms with Crippen LogP contribution in [-0.2, 0) is 21.0 Å². The van der Waals surface area contributed by atoms with Crippen molar-refractivity contribution in [3.8, 4) is 0 Å². The summed E-state index contributed by atoms with van der Waals surface area (Å²) in [4.78, 5) is 10.1. The van der Waals surface area contributed by atoms with E-state index in [0.717, 1.165) is 12.1 Å². The number of hydrogen-bond donors (Lipinski definition) is 3. The molecule has 0 bridgehead atoms. The van der Waals surface area contributed by atoms with E-state index in [4.69, 9.17) is 10.2 Å². The van der Waals surface area contributed by atoms with Gasteiger partial charge in [-0.15, -0.1) is 0 Å². The van der Waals surface area contributed by atoms with Gasteiger partial charge in [0.05, 0.1) is 10.5 Å². The lowest BCUT2D eigenvalue weighted by molar-refractivity contribution is -0.139. The molecule has 0 aliphatic carbocycles. The molecule has 0 unspecified atom stereocenters. The van der Waals surface area contributed by atoms with Crippen LogP contribution in [0.2, 0.25) is 0 Å². The standard InChI is InChI=1S/C11H12F3NO5S/c12-11(13,14)7-2-1-3-8(6-7)21(19,20)15-9(4-5-16)10(17)18/h1-3,6,9,15-16H,4-5H2,(H,17,18)/t9-/m1/s1. The quantitative estimate of drug-likeness (QED) is 0.718. The molecule has 6 nitrogen and oxygen atoms in total. The first kappa shape index (κ1) is 17.4. The van der Waals surface area contributed by atoms with Gasteiger partial charge in [0.25, 0.3) is 0 Å². The van der Waals surface area contributed by atoms with Gasteiger partial charge in [0.1, 0.15) is 6.04 Å². The number of halogens is 3. The number of hydrogen-bond acceptors (Lipinski definition) is 4. The van der Waals surface area contributed by atoms with Crippen LogP contribution in [0.15, 0.2) is 29.2 Å². The van der Waals surface area contributed by atoms with E-state index >= 15 is 0 Å². The molecular formula is C11H12F3NO5S. The van der Waals surface area contributed by atoms with Gasteiger partial charge in [0.2, 0.25) is 10.0 Å². The molecule has 0 saturated heterocycles. The van der Waals surface area contributed by atoms with Gasteiger partial charge >= 0.3 is 12.1 Å². The molecule has 0 radical (unpaired) electrons. The summed E-state index contributed by atoms with van der Waals surface area (Å²) in [5, 5.41) is 17.4. The number of benzene rings is 1. The molecule has 1 aromatic rings. The second kappa shape index (κ2) is 6.41. The second-order valence-electron chi connectivity index (χ2n) is 4.05. The molecule has 118 valence electrons. The van der Waals surface area contributed by atoms with E-state index in [1.165, 1.54) is 0 Å². The van der Waals surface area contributed by atoms with Gasteiger partial charge in [0, 0.05) is 6.61 Å². The molecule has 0 fully saturated rings. The van der Waals surface area contributed by atoms with E-state index in [1.807, 2.05) is 0 Å². The van der Waals surface area contributed by atoms with E-state index in [2.05, 4.69) is 0 Å². The van der Waals surface area contributed by atoms with Crippen molar-refractivity contribution in [2.75, 3.05) is 6.61 Å². The molecule has 0 heterocycles. The summed E-state index contributed by atoms with van der Waals surface area (Å²) < 4.78 is 63.1. The Labute approximate surface area is 118 Å². The maximum absolute atomic E-state index is 12.5. The van der Waals surface area contributed by atoms with Gasteiger partial charge < -0.3 is 10.2 Å². The zero-order valence-corrected chi connectivity index (χ0v) is 11.3. The summed E-state index contributed by atoms with van der Waals surface area (Å²) in [5.74, 6) is -1.54. The predicted octanol–water partition coefficient (Wildman–Crippen LogP) is 0.819. The first-order chi connectivity index (χ1) is 9.58. The van der Waals surface area contributed by atoms with E-state index < -0.39 is 51.7 Å².